The number of nitriles is 1. The summed E-state index contributed by atoms with van der Waals surface area (Å²) in [6.45, 7) is 1.73. The molecule has 0 saturated carbocycles. The summed E-state index contributed by atoms with van der Waals surface area (Å²) >= 11 is 0. The van der Waals surface area contributed by atoms with Crippen molar-refractivity contribution in [2.24, 2.45) is 0 Å². The van der Waals surface area contributed by atoms with Crippen molar-refractivity contribution in [2.75, 3.05) is 24.7 Å². The number of halogens is 1. The second-order valence-corrected chi connectivity index (χ2v) is 7.03. The number of amidine groups is 1. The predicted octanol–water partition coefficient (Wildman–Crippen LogP) is 2.40. The molecule has 0 aliphatic carbocycles. The summed E-state index contributed by atoms with van der Waals surface area (Å²) in [5.41, 5.74) is 7.58. The van der Waals surface area contributed by atoms with Crippen LogP contribution in [0.25, 0.3) is 11.3 Å². The first kappa shape index (κ1) is 20.8. The molecule has 32 heavy (non-hydrogen) atoms. The number of nitrogens with zero attached hydrogens (tertiary/aromatic N) is 6. The minimum absolute atomic E-state index is 0.00724. The molecule has 1 atom stereocenters. The van der Waals surface area contributed by atoms with Gasteiger partial charge >= 0.3 is 0 Å². The van der Waals surface area contributed by atoms with Gasteiger partial charge in [-0.05, 0) is 25.1 Å². The maximum Gasteiger partial charge on any atom is 0.258 e. The normalized spacial score (nSPS) is 17.2. The molecule has 1 aliphatic heterocycles. The van der Waals surface area contributed by atoms with E-state index in [2.05, 4.69) is 26.5 Å². The predicted molar refractivity (Wildman–Crippen MR) is 117 cm³/mol. The van der Waals surface area contributed by atoms with Gasteiger partial charge in [-0.2, -0.15) is 10.4 Å². The molecule has 162 valence electrons. The van der Waals surface area contributed by atoms with Gasteiger partial charge in [0.2, 0.25) is 0 Å². The fourth-order valence-corrected chi connectivity index (χ4v) is 3.49. The molecule has 2 aromatic heterocycles. The van der Waals surface area contributed by atoms with Gasteiger partial charge < -0.3 is 20.7 Å². The van der Waals surface area contributed by atoms with Crippen molar-refractivity contribution in [3.05, 3.63) is 59.4 Å². The Morgan fingerprint density at radius 3 is 2.88 bits per heavy atom. The van der Waals surface area contributed by atoms with E-state index in [0.29, 0.717) is 17.1 Å². The summed E-state index contributed by atoms with van der Waals surface area (Å²) in [5.74, 6) is 0.0716. The van der Waals surface area contributed by atoms with Gasteiger partial charge in [0.1, 0.15) is 35.3 Å². The van der Waals surface area contributed by atoms with Crippen LogP contribution < -0.4 is 20.7 Å². The number of likely N-dealkylation sites (N-methyl/N-ethyl adjacent to an activating group) is 1. The van der Waals surface area contributed by atoms with Crippen molar-refractivity contribution in [3.63, 3.8) is 0 Å². The van der Waals surface area contributed by atoms with E-state index in [4.69, 9.17) is 15.9 Å². The number of nitrogens with two attached hydrogens (primary N) is 1. The van der Waals surface area contributed by atoms with E-state index in [1.807, 2.05) is 0 Å². The second-order valence-electron chi connectivity index (χ2n) is 7.03. The number of allylic oxidation sites excluding steroid dienone is 1. The van der Waals surface area contributed by atoms with Gasteiger partial charge in [0, 0.05) is 25.7 Å². The number of hydrogen-bond donors (Lipinski definition) is 3. The van der Waals surface area contributed by atoms with Crippen molar-refractivity contribution in [1.82, 2.24) is 25.1 Å². The van der Waals surface area contributed by atoms with Gasteiger partial charge in [-0.3, -0.25) is 5.41 Å². The monoisotopic (exact) mass is 433 g/mol. The highest BCUT2D eigenvalue weighted by atomic mass is 19.1. The number of rotatable bonds is 1. The molecule has 0 fully saturated rings. The lowest BCUT2D eigenvalue weighted by Crippen LogP contribution is -2.31. The lowest BCUT2D eigenvalue weighted by atomic mass is 10.1. The molecule has 1 aliphatic rings. The highest BCUT2D eigenvalue weighted by molar-refractivity contribution is 6.28. The molecule has 1 aromatic carbocycles. The topological polar surface area (TPSA) is 142 Å². The second kappa shape index (κ2) is 7.99. The Hall–Kier alpha value is -4.46. The third-order valence-electron chi connectivity index (χ3n) is 5.12. The third-order valence-corrected chi connectivity index (χ3v) is 5.12. The van der Waals surface area contributed by atoms with Crippen molar-refractivity contribution in [2.45, 2.75) is 13.0 Å². The number of aromatic nitrogens is 4. The van der Waals surface area contributed by atoms with Gasteiger partial charge in [-0.1, -0.05) is 0 Å². The van der Waals surface area contributed by atoms with E-state index in [1.165, 1.54) is 18.3 Å². The molecule has 3 aromatic rings. The van der Waals surface area contributed by atoms with Crippen LogP contribution in [0.4, 0.5) is 16.0 Å². The summed E-state index contributed by atoms with van der Waals surface area (Å²) in [4.78, 5) is 10.1. The van der Waals surface area contributed by atoms with E-state index in [-0.39, 0.29) is 34.5 Å². The van der Waals surface area contributed by atoms with Gasteiger partial charge in [-0.15, -0.1) is 0 Å². The van der Waals surface area contributed by atoms with Crippen LogP contribution in [0.3, 0.4) is 0 Å². The van der Waals surface area contributed by atoms with Crippen molar-refractivity contribution >= 4 is 23.0 Å². The summed E-state index contributed by atoms with van der Waals surface area (Å²) in [6.07, 6.45) is 2.28. The van der Waals surface area contributed by atoms with Crippen LogP contribution in [0.2, 0.25) is 0 Å². The average molecular weight is 433 g/mol. The highest BCUT2D eigenvalue weighted by Crippen LogP contribution is 2.33. The number of anilines is 2. The summed E-state index contributed by atoms with van der Waals surface area (Å²) in [7, 11) is 3.25. The van der Waals surface area contributed by atoms with Crippen molar-refractivity contribution in [3.8, 4) is 17.6 Å². The van der Waals surface area contributed by atoms with E-state index in [0.717, 1.165) is 0 Å². The van der Waals surface area contributed by atoms with Gasteiger partial charge in [0.15, 0.2) is 5.82 Å². The smallest absolute Gasteiger partial charge is 0.258 e. The molecule has 3 heterocycles. The number of hydrogen-bond acceptors (Lipinski definition) is 8. The Morgan fingerprint density at radius 2 is 2.16 bits per heavy atom. The molecule has 2 bridgehead atoms. The SMILES string of the molecule is CN/C(C#N)=C1\C(=N)N(C)c2ccnn2-c2ccc(F)cc2C(C)Oc2nc1cnc2N. The number of ether oxygens (including phenoxy) is 1. The van der Waals surface area contributed by atoms with Gasteiger partial charge in [-0.25, -0.2) is 19.0 Å². The van der Waals surface area contributed by atoms with Crippen LogP contribution >= 0.6 is 0 Å². The fraction of sp³-hybridized carbons (Fsp3) is 0.190. The molecular weight excluding hydrogens is 413 g/mol. The average Bonchev–Trinajstić information content (AvgIpc) is 3.27. The van der Waals surface area contributed by atoms with Crippen LogP contribution in [-0.2, 0) is 0 Å². The summed E-state index contributed by atoms with van der Waals surface area (Å²) in [5, 5.41) is 25.7. The molecule has 0 radical (unpaired) electrons. The largest absolute Gasteiger partial charge is 0.467 e. The van der Waals surface area contributed by atoms with E-state index in [1.54, 1.807) is 48.9 Å². The molecule has 1 unspecified atom stereocenters. The first-order valence-electron chi connectivity index (χ1n) is 9.63. The number of nitrogen functional groups attached to an aromatic ring is 1. The Labute approximate surface area is 183 Å². The zero-order chi connectivity index (χ0) is 23.0. The summed E-state index contributed by atoms with van der Waals surface area (Å²) < 4.78 is 21.7. The molecule has 4 rings (SSSR count). The lowest BCUT2D eigenvalue weighted by Gasteiger charge is -2.26. The first-order chi connectivity index (χ1) is 15.3. The van der Waals surface area contributed by atoms with Crippen LogP contribution in [0.1, 0.15) is 24.3 Å². The van der Waals surface area contributed by atoms with Crippen molar-refractivity contribution < 1.29 is 9.13 Å². The lowest BCUT2D eigenvalue weighted by molar-refractivity contribution is 0.217. The molecule has 4 N–H and O–H groups in total. The molecular formula is C21H20FN9O. The highest BCUT2D eigenvalue weighted by Gasteiger charge is 2.27. The van der Waals surface area contributed by atoms with Crippen LogP contribution in [-0.4, -0.2) is 39.7 Å². The van der Waals surface area contributed by atoms with E-state index >= 15 is 0 Å². The first-order valence-corrected chi connectivity index (χ1v) is 9.63. The van der Waals surface area contributed by atoms with Crippen LogP contribution in [0, 0.1) is 22.6 Å². The molecule has 10 nitrogen and oxygen atoms in total. The minimum Gasteiger partial charge on any atom is -0.467 e. The van der Waals surface area contributed by atoms with E-state index < -0.39 is 11.9 Å². The van der Waals surface area contributed by atoms with E-state index in [9.17, 15) is 9.65 Å². The van der Waals surface area contributed by atoms with Gasteiger partial charge in [0.25, 0.3) is 5.88 Å². The Bertz CT molecular complexity index is 1290. The maximum absolute atomic E-state index is 14.2. The maximum atomic E-state index is 14.2. The van der Waals surface area contributed by atoms with Crippen LogP contribution in [0.5, 0.6) is 5.88 Å². The standard InChI is InChI=1S/C21H20FN9O/c1-11-13-8-12(22)4-5-16(13)31-17(6-7-28-31)30(3)20(25)18(14(9-23)26-2)15-10-27-19(24)21(29-15)32-11/h4-8,10-11,25-26H,1-3H3,(H2,24,27)/b18-14-,25-20?. The molecule has 0 saturated heterocycles. The quantitative estimate of drug-likeness (QED) is 0.497. The number of benzene rings is 1. The molecule has 11 heteroatoms. The Balaban J connectivity index is 2.05. The number of fused-ring (bicyclic) bond motifs is 5. The fourth-order valence-electron chi connectivity index (χ4n) is 3.49. The third kappa shape index (κ3) is 3.37. The molecule has 0 spiro atoms. The molecule has 0 amide bonds. The van der Waals surface area contributed by atoms with Crippen molar-refractivity contribution in [1.29, 1.82) is 10.7 Å². The zero-order valence-corrected chi connectivity index (χ0v) is 17.6. The van der Waals surface area contributed by atoms with Gasteiger partial charge in [0.05, 0.1) is 29.3 Å². The minimum atomic E-state index is -0.666. The Morgan fingerprint density at radius 1 is 1.38 bits per heavy atom. The summed E-state index contributed by atoms with van der Waals surface area (Å²) in [6, 6.07) is 8.03. The number of nitrogens with one attached hydrogen (secondary N) is 2. The zero-order valence-electron chi connectivity index (χ0n) is 17.6. The van der Waals surface area contributed by atoms with Crippen LogP contribution in [0.15, 0.2) is 42.4 Å². The Kier molecular flexibility index (Phi) is 5.19.